The molecule has 0 bridgehead atoms. The molecule has 2 atom stereocenters. The zero-order chi connectivity index (χ0) is 20.9. The minimum atomic E-state index is -0.535. The van der Waals surface area contributed by atoms with Gasteiger partial charge in [0.2, 0.25) is 0 Å². The molecule has 3 rings (SSSR count). The van der Waals surface area contributed by atoms with E-state index in [0.29, 0.717) is 17.0 Å². The molecule has 0 aliphatic carbocycles. The number of likely N-dealkylation sites (N-methyl/N-ethyl adjacent to an activating group) is 1. The lowest BCUT2D eigenvalue weighted by molar-refractivity contribution is -0.883. The van der Waals surface area contributed by atoms with E-state index in [2.05, 4.69) is 25.4 Å². The van der Waals surface area contributed by atoms with Crippen molar-refractivity contribution in [2.75, 3.05) is 25.5 Å². The fraction of sp³-hybridized carbons (Fsp3) is 0.400. The second-order valence-electron chi connectivity index (χ2n) is 8.15. The van der Waals surface area contributed by atoms with E-state index in [1.165, 1.54) is 38.3 Å². The maximum atomic E-state index is 12.3. The highest BCUT2D eigenvalue weighted by molar-refractivity contribution is 5.95. The van der Waals surface area contributed by atoms with Crippen molar-refractivity contribution in [1.82, 2.24) is 0 Å². The summed E-state index contributed by atoms with van der Waals surface area (Å²) in [5.74, 6) is 0.543. The molecular formula is C25H34N2O3. The predicted molar refractivity (Wildman–Crippen MR) is 121 cm³/mol. The van der Waals surface area contributed by atoms with Gasteiger partial charge in [-0.25, -0.2) is 4.79 Å². The highest BCUT2D eigenvalue weighted by Gasteiger charge is 2.35. The van der Waals surface area contributed by atoms with Crippen LogP contribution in [0.5, 0.6) is 5.75 Å². The van der Waals surface area contributed by atoms with Gasteiger partial charge in [-0.15, -0.1) is 0 Å². The van der Waals surface area contributed by atoms with Crippen LogP contribution in [0.1, 0.15) is 55.5 Å². The lowest BCUT2D eigenvalue weighted by Gasteiger charge is -2.33. The third kappa shape index (κ3) is 5.70. The van der Waals surface area contributed by atoms with E-state index >= 15 is 0 Å². The first-order valence-electron chi connectivity index (χ1n) is 10.4. The van der Waals surface area contributed by atoms with E-state index in [-0.39, 0.29) is 18.6 Å². The van der Waals surface area contributed by atoms with Crippen molar-refractivity contribution in [3.05, 3.63) is 67.1 Å². The first-order valence-corrected chi connectivity index (χ1v) is 10.4. The zero-order valence-corrected chi connectivity index (χ0v) is 18.6. The largest absolute Gasteiger partial charge is 0.417 e. The quantitative estimate of drug-likeness (QED) is 0.571. The summed E-state index contributed by atoms with van der Waals surface area (Å²) in [7, 11) is 2.26. The van der Waals surface area contributed by atoms with Gasteiger partial charge in [0, 0.05) is 16.7 Å². The number of nitrogens with one attached hydrogen (secondary N) is 2. The van der Waals surface area contributed by atoms with Gasteiger partial charge >= 0.3 is 6.09 Å². The second-order valence-corrected chi connectivity index (χ2v) is 8.15. The number of hydrogen-bond donors (Lipinski definition) is 2. The Morgan fingerprint density at radius 3 is 2.53 bits per heavy atom. The van der Waals surface area contributed by atoms with Crippen LogP contribution in [0.15, 0.2) is 48.5 Å². The number of carbonyl (C=O) groups excluding carboxylic acids is 2. The average molecular weight is 411 g/mol. The molecule has 1 fully saturated rings. The van der Waals surface area contributed by atoms with Crippen LogP contribution in [0.4, 0.5) is 10.5 Å². The van der Waals surface area contributed by atoms with Gasteiger partial charge in [-0.2, -0.15) is 0 Å². The van der Waals surface area contributed by atoms with Gasteiger partial charge in [-0.1, -0.05) is 19.1 Å². The number of likely N-dealkylation sites (tertiary alicyclic amines) is 1. The van der Waals surface area contributed by atoms with Crippen molar-refractivity contribution >= 4 is 17.6 Å². The van der Waals surface area contributed by atoms with Crippen molar-refractivity contribution < 1.29 is 19.2 Å². The molecule has 5 nitrogen and oxygen atoms in total. The first kappa shape index (κ1) is 23.6. The lowest BCUT2D eigenvalue weighted by atomic mass is 9.74. The average Bonchev–Trinajstić information content (AvgIpc) is 2.90. The van der Waals surface area contributed by atoms with Crippen LogP contribution in [0.25, 0.3) is 0 Å². The summed E-state index contributed by atoms with van der Waals surface area (Å²) in [5, 5.41) is 2.72. The highest BCUT2D eigenvalue weighted by atomic mass is 16.6. The molecule has 5 heteroatoms. The molecule has 0 aromatic heterocycles. The molecule has 2 aromatic carbocycles. The molecule has 0 radical (unpaired) electrons. The van der Waals surface area contributed by atoms with E-state index in [9.17, 15) is 9.59 Å². The van der Waals surface area contributed by atoms with Gasteiger partial charge in [-0.3, -0.25) is 10.1 Å². The van der Waals surface area contributed by atoms with Crippen LogP contribution < -0.4 is 15.0 Å². The Labute approximate surface area is 180 Å². The van der Waals surface area contributed by atoms with Gasteiger partial charge in [0.25, 0.3) is 0 Å². The van der Waals surface area contributed by atoms with Gasteiger partial charge in [0.15, 0.2) is 5.78 Å². The SMILES string of the molecule is CC[C@@]1(c2cccc(OC(=O)Nc3ccc(C(C)=O)cc3)c2)CCCC[NH+](C)C1.[CH3-]. The van der Waals surface area contributed by atoms with Crippen molar-refractivity contribution in [1.29, 1.82) is 0 Å². The number of Topliss-reactive ketones (excluding diaryl/α,β-unsaturated/α-hetero) is 1. The molecule has 1 amide bonds. The standard InChI is InChI=1S/C24H30N2O3.CH3/c1-4-24(14-5-6-15-26(3)17-24)20-8-7-9-22(16-20)29-23(28)25-21-12-10-19(11-13-21)18(2)27;/h7-13,16H,4-6,14-15,17H2,1-3H3,(H,25,28);1H3/q;-1/p+1/t24-;/m1./s1. The molecule has 0 spiro atoms. The number of hydrogen-bond acceptors (Lipinski definition) is 3. The van der Waals surface area contributed by atoms with Gasteiger partial charge < -0.3 is 17.1 Å². The molecule has 1 heterocycles. The minimum absolute atomic E-state index is 0. The number of quaternary nitrogens is 1. The fourth-order valence-electron chi connectivity index (χ4n) is 4.33. The number of ether oxygens (including phenoxy) is 1. The Bertz CT molecular complexity index is 863. The maximum Gasteiger partial charge on any atom is 0.417 e. The van der Waals surface area contributed by atoms with Gasteiger partial charge in [0.1, 0.15) is 5.75 Å². The van der Waals surface area contributed by atoms with Crippen molar-refractivity contribution in [3.8, 4) is 5.75 Å². The summed E-state index contributed by atoms with van der Waals surface area (Å²) in [6.07, 6.45) is 4.19. The normalized spacial score (nSPS) is 21.1. The number of rotatable bonds is 5. The Kier molecular flexibility index (Phi) is 8.18. The number of carbonyl (C=O) groups is 2. The number of amides is 1. The Morgan fingerprint density at radius 1 is 1.13 bits per heavy atom. The summed E-state index contributed by atoms with van der Waals surface area (Å²) >= 11 is 0. The van der Waals surface area contributed by atoms with E-state index in [1.807, 2.05) is 18.2 Å². The Balaban J connectivity index is 0.00000320. The Morgan fingerprint density at radius 2 is 1.87 bits per heavy atom. The molecule has 162 valence electrons. The van der Waals surface area contributed by atoms with Crippen molar-refractivity contribution in [3.63, 3.8) is 0 Å². The monoisotopic (exact) mass is 410 g/mol. The lowest BCUT2D eigenvalue weighted by Crippen LogP contribution is -3.10. The topological polar surface area (TPSA) is 59.8 Å². The molecule has 1 saturated heterocycles. The van der Waals surface area contributed by atoms with Crippen LogP contribution in [0.3, 0.4) is 0 Å². The van der Waals surface area contributed by atoms with Crippen LogP contribution in [-0.2, 0) is 5.41 Å². The number of anilines is 1. The molecule has 0 saturated carbocycles. The Hall–Kier alpha value is -2.66. The van der Waals surface area contributed by atoms with Crippen LogP contribution in [0, 0.1) is 7.43 Å². The number of benzene rings is 2. The third-order valence-corrected chi connectivity index (χ3v) is 6.02. The molecular weight excluding hydrogens is 376 g/mol. The smallest absolute Gasteiger partial charge is 0.410 e. The van der Waals surface area contributed by atoms with E-state index in [0.717, 1.165) is 13.0 Å². The van der Waals surface area contributed by atoms with Crippen molar-refractivity contribution in [2.45, 2.75) is 44.9 Å². The van der Waals surface area contributed by atoms with Gasteiger partial charge in [0.05, 0.1) is 20.1 Å². The van der Waals surface area contributed by atoms with Crippen LogP contribution in [0.2, 0.25) is 0 Å². The molecule has 1 aliphatic heterocycles. The summed E-state index contributed by atoms with van der Waals surface area (Å²) in [6, 6.07) is 14.7. The predicted octanol–water partition coefficient (Wildman–Crippen LogP) is 4.30. The number of ketones is 1. The summed E-state index contributed by atoms with van der Waals surface area (Å²) < 4.78 is 5.55. The first-order chi connectivity index (χ1) is 13.9. The van der Waals surface area contributed by atoms with Crippen LogP contribution >= 0.6 is 0 Å². The minimum Gasteiger partial charge on any atom is -0.410 e. The third-order valence-electron chi connectivity index (χ3n) is 6.02. The second kappa shape index (κ2) is 10.4. The molecule has 1 aliphatic rings. The zero-order valence-electron chi connectivity index (χ0n) is 18.6. The summed E-state index contributed by atoms with van der Waals surface area (Å²) in [5.41, 5.74) is 2.57. The van der Waals surface area contributed by atoms with E-state index in [4.69, 9.17) is 4.74 Å². The van der Waals surface area contributed by atoms with Crippen molar-refractivity contribution in [2.24, 2.45) is 0 Å². The highest BCUT2D eigenvalue weighted by Crippen LogP contribution is 2.35. The molecule has 2 N–H and O–H groups in total. The molecule has 2 aromatic rings. The maximum absolute atomic E-state index is 12.3. The molecule has 1 unspecified atom stereocenters. The summed E-state index contributed by atoms with van der Waals surface area (Å²) in [4.78, 5) is 25.3. The fourth-order valence-corrected chi connectivity index (χ4v) is 4.33. The molecule has 30 heavy (non-hydrogen) atoms. The van der Waals surface area contributed by atoms with Gasteiger partial charge in [-0.05, 0) is 74.6 Å². The van der Waals surface area contributed by atoms with Crippen LogP contribution in [-0.4, -0.2) is 32.0 Å². The van der Waals surface area contributed by atoms with E-state index < -0.39 is 6.09 Å². The van der Waals surface area contributed by atoms with E-state index in [1.54, 1.807) is 29.2 Å². The summed E-state index contributed by atoms with van der Waals surface area (Å²) in [6.45, 7) is 6.08.